The maximum atomic E-state index is 13.3. The van der Waals surface area contributed by atoms with Crippen LogP contribution >= 0.6 is 0 Å². The van der Waals surface area contributed by atoms with Crippen LogP contribution in [-0.2, 0) is 11.3 Å². The molecule has 2 aromatic rings. The van der Waals surface area contributed by atoms with E-state index in [9.17, 15) is 9.18 Å². The molecular formula is C14H14FNO3. The predicted octanol–water partition coefficient (Wildman–Crippen LogP) is 2.46. The monoisotopic (exact) mass is 263 g/mol. The van der Waals surface area contributed by atoms with Crippen molar-refractivity contribution in [1.29, 1.82) is 0 Å². The molecule has 0 bridgehead atoms. The second-order valence-corrected chi connectivity index (χ2v) is 4.05. The molecule has 0 N–H and O–H groups in total. The van der Waals surface area contributed by atoms with Gasteiger partial charge in [0.05, 0.1) is 12.8 Å². The fourth-order valence-corrected chi connectivity index (χ4v) is 1.54. The number of rotatable bonds is 5. The molecule has 2 rings (SSSR count). The summed E-state index contributed by atoms with van der Waals surface area (Å²) < 4.78 is 23.6. The third-order valence-electron chi connectivity index (χ3n) is 2.59. The minimum Gasteiger partial charge on any atom is -0.481 e. The van der Waals surface area contributed by atoms with E-state index in [1.807, 2.05) is 0 Å². The quantitative estimate of drug-likeness (QED) is 0.832. The fourth-order valence-electron chi connectivity index (χ4n) is 1.54. The Morgan fingerprint density at radius 1 is 1.32 bits per heavy atom. The number of carbonyl (C=O) groups is 1. The molecule has 0 unspecified atom stereocenters. The summed E-state index contributed by atoms with van der Waals surface area (Å²) in [5.41, 5.74) is 0. The number of benzene rings is 1. The Balaban J connectivity index is 1.86. The maximum absolute atomic E-state index is 13.3. The van der Waals surface area contributed by atoms with Crippen molar-refractivity contribution in [1.82, 2.24) is 4.90 Å². The van der Waals surface area contributed by atoms with Crippen LogP contribution in [0.1, 0.15) is 5.76 Å². The van der Waals surface area contributed by atoms with Crippen molar-refractivity contribution in [2.24, 2.45) is 0 Å². The van der Waals surface area contributed by atoms with Gasteiger partial charge in [0.25, 0.3) is 5.91 Å². The molecule has 5 heteroatoms. The van der Waals surface area contributed by atoms with Gasteiger partial charge < -0.3 is 14.1 Å². The summed E-state index contributed by atoms with van der Waals surface area (Å²) in [6.07, 6.45) is 1.55. The summed E-state index contributed by atoms with van der Waals surface area (Å²) in [6.45, 7) is 0.143. The summed E-state index contributed by atoms with van der Waals surface area (Å²) in [4.78, 5) is 13.2. The number of ether oxygens (including phenoxy) is 1. The predicted molar refractivity (Wildman–Crippen MR) is 67.1 cm³/mol. The number of amides is 1. The number of likely N-dealkylation sites (N-methyl/N-ethyl adjacent to an activating group) is 1. The van der Waals surface area contributed by atoms with Crippen LogP contribution in [0.5, 0.6) is 5.75 Å². The molecule has 1 aromatic heterocycles. The van der Waals surface area contributed by atoms with Crippen LogP contribution in [0.25, 0.3) is 0 Å². The summed E-state index contributed by atoms with van der Waals surface area (Å²) in [5.74, 6) is 0.0210. The van der Waals surface area contributed by atoms with Gasteiger partial charge in [0.15, 0.2) is 18.2 Å². The molecule has 1 heterocycles. The zero-order valence-electron chi connectivity index (χ0n) is 10.5. The first kappa shape index (κ1) is 13.1. The fraction of sp³-hybridized carbons (Fsp3) is 0.214. The third kappa shape index (κ3) is 3.58. The van der Waals surface area contributed by atoms with Crippen LogP contribution in [0.2, 0.25) is 0 Å². The number of carbonyl (C=O) groups excluding carboxylic acids is 1. The molecule has 100 valence electrons. The lowest BCUT2D eigenvalue weighted by Gasteiger charge is -2.16. The van der Waals surface area contributed by atoms with Gasteiger partial charge in [0.2, 0.25) is 0 Å². The molecule has 0 spiro atoms. The largest absolute Gasteiger partial charge is 0.481 e. The van der Waals surface area contributed by atoms with Crippen LogP contribution in [0.15, 0.2) is 47.1 Å². The van der Waals surface area contributed by atoms with Crippen molar-refractivity contribution in [3.05, 3.63) is 54.2 Å². The molecule has 0 saturated carbocycles. The molecule has 1 amide bonds. The number of nitrogens with zero attached hydrogens (tertiary/aromatic N) is 1. The van der Waals surface area contributed by atoms with Crippen LogP contribution in [-0.4, -0.2) is 24.5 Å². The second-order valence-electron chi connectivity index (χ2n) is 4.05. The highest BCUT2D eigenvalue weighted by molar-refractivity contribution is 5.77. The summed E-state index contributed by atoms with van der Waals surface area (Å²) >= 11 is 0. The highest BCUT2D eigenvalue weighted by Gasteiger charge is 2.12. The maximum Gasteiger partial charge on any atom is 0.260 e. The van der Waals surface area contributed by atoms with Crippen molar-refractivity contribution in [3.8, 4) is 5.75 Å². The Morgan fingerprint density at radius 3 is 2.79 bits per heavy atom. The average molecular weight is 263 g/mol. The SMILES string of the molecule is CN(Cc1ccco1)C(=O)COc1ccccc1F. The lowest BCUT2D eigenvalue weighted by Crippen LogP contribution is -2.30. The Morgan fingerprint density at radius 2 is 2.11 bits per heavy atom. The van der Waals surface area contributed by atoms with E-state index in [1.165, 1.54) is 17.0 Å². The topological polar surface area (TPSA) is 42.7 Å². The van der Waals surface area contributed by atoms with Gasteiger partial charge >= 0.3 is 0 Å². The highest BCUT2D eigenvalue weighted by atomic mass is 19.1. The van der Waals surface area contributed by atoms with Gasteiger partial charge in [-0.3, -0.25) is 4.79 Å². The van der Waals surface area contributed by atoms with Gasteiger partial charge in [0.1, 0.15) is 5.76 Å². The van der Waals surface area contributed by atoms with E-state index < -0.39 is 5.82 Å². The zero-order chi connectivity index (χ0) is 13.7. The molecule has 0 radical (unpaired) electrons. The van der Waals surface area contributed by atoms with Gasteiger partial charge in [-0.05, 0) is 24.3 Å². The number of hydrogen-bond acceptors (Lipinski definition) is 3. The van der Waals surface area contributed by atoms with E-state index in [-0.39, 0.29) is 18.3 Å². The van der Waals surface area contributed by atoms with Crippen LogP contribution in [0.4, 0.5) is 4.39 Å². The summed E-state index contributed by atoms with van der Waals surface area (Å²) in [5, 5.41) is 0. The minimum atomic E-state index is -0.482. The third-order valence-corrected chi connectivity index (χ3v) is 2.59. The number of para-hydroxylation sites is 1. The van der Waals surface area contributed by atoms with Crippen molar-refractivity contribution in [2.45, 2.75) is 6.54 Å². The van der Waals surface area contributed by atoms with Crippen molar-refractivity contribution in [3.63, 3.8) is 0 Å². The Bertz CT molecular complexity index is 539. The Kier molecular flexibility index (Phi) is 4.18. The van der Waals surface area contributed by atoms with Gasteiger partial charge in [-0.15, -0.1) is 0 Å². The molecule has 19 heavy (non-hydrogen) atoms. The van der Waals surface area contributed by atoms with Gasteiger partial charge in [0, 0.05) is 7.05 Å². The normalized spacial score (nSPS) is 10.2. The van der Waals surface area contributed by atoms with Crippen LogP contribution in [0.3, 0.4) is 0 Å². The first-order chi connectivity index (χ1) is 9.16. The van der Waals surface area contributed by atoms with Crippen molar-refractivity contribution < 1.29 is 18.3 Å². The Hall–Kier alpha value is -2.30. The van der Waals surface area contributed by atoms with Crippen LogP contribution < -0.4 is 4.74 Å². The van der Waals surface area contributed by atoms with Crippen LogP contribution in [0, 0.1) is 5.82 Å². The highest BCUT2D eigenvalue weighted by Crippen LogP contribution is 2.15. The van der Waals surface area contributed by atoms with Gasteiger partial charge in [-0.2, -0.15) is 0 Å². The van der Waals surface area contributed by atoms with Gasteiger partial charge in [-0.1, -0.05) is 12.1 Å². The molecule has 0 atom stereocenters. The first-order valence-corrected chi connectivity index (χ1v) is 5.80. The number of furan rings is 1. The smallest absolute Gasteiger partial charge is 0.260 e. The lowest BCUT2D eigenvalue weighted by molar-refractivity contribution is -0.132. The van der Waals surface area contributed by atoms with Crippen molar-refractivity contribution >= 4 is 5.91 Å². The molecule has 0 aliphatic heterocycles. The van der Waals surface area contributed by atoms with E-state index in [4.69, 9.17) is 9.15 Å². The molecule has 4 nitrogen and oxygen atoms in total. The first-order valence-electron chi connectivity index (χ1n) is 5.80. The van der Waals surface area contributed by atoms with E-state index >= 15 is 0 Å². The molecule has 0 fully saturated rings. The van der Waals surface area contributed by atoms with E-state index in [0.717, 1.165) is 0 Å². The Labute approximate surface area is 110 Å². The number of hydrogen-bond donors (Lipinski definition) is 0. The summed E-state index contributed by atoms with van der Waals surface area (Å²) in [7, 11) is 1.63. The van der Waals surface area contributed by atoms with E-state index in [1.54, 1.807) is 37.6 Å². The standard InChI is InChI=1S/C14H14FNO3/c1-16(9-11-5-4-8-18-11)14(17)10-19-13-7-3-2-6-12(13)15/h2-8H,9-10H2,1H3. The van der Waals surface area contributed by atoms with E-state index in [0.29, 0.717) is 12.3 Å². The summed E-state index contributed by atoms with van der Waals surface area (Å²) in [6, 6.07) is 9.51. The molecule has 0 aliphatic carbocycles. The molecular weight excluding hydrogens is 249 g/mol. The second kappa shape index (κ2) is 6.04. The minimum absolute atomic E-state index is 0.0715. The van der Waals surface area contributed by atoms with E-state index in [2.05, 4.69) is 0 Å². The zero-order valence-corrected chi connectivity index (χ0v) is 10.5. The average Bonchev–Trinajstić information content (AvgIpc) is 2.90. The van der Waals surface area contributed by atoms with Crippen molar-refractivity contribution in [2.75, 3.05) is 13.7 Å². The molecule has 0 aliphatic rings. The molecule has 1 aromatic carbocycles. The number of halogens is 1. The van der Waals surface area contributed by atoms with Gasteiger partial charge in [-0.25, -0.2) is 4.39 Å². The lowest BCUT2D eigenvalue weighted by atomic mass is 10.3. The molecule has 0 saturated heterocycles.